The normalized spacial score (nSPS) is 12.0. The number of carbonyl (C=O) groups is 1. The molecule has 0 aliphatic heterocycles. The Kier molecular flexibility index (Phi) is 10.1. The summed E-state index contributed by atoms with van der Waals surface area (Å²) < 4.78 is 23.1. The standard InChI is InChI=1S/C30H36O5S/c1-6-23-13-18-27(28(21-23)36-26-11-9-8-10-12-26)34-22(3)19-20-33-24-14-16-25(17-15-24)35-30(4,5)29(31)32-7-2/h8-18,21-22H,6-7,19-20H2,1-5H3. The molecule has 0 amide bonds. The van der Waals surface area contributed by atoms with Crippen molar-refractivity contribution in [3.8, 4) is 17.2 Å². The maximum Gasteiger partial charge on any atom is 0.349 e. The molecular formula is C30H36O5S. The van der Waals surface area contributed by atoms with E-state index in [1.807, 2.05) is 30.3 Å². The summed E-state index contributed by atoms with van der Waals surface area (Å²) in [6, 6.07) is 24.0. The number of ether oxygens (including phenoxy) is 4. The summed E-state index contributed by atoms with van der Waals surface area (Å²) in [5, 5.41) is 0. The van der Waals surface area contributed by atoms with Crippen LogP contribution in [0.15, 0.2) is 82.6 Å². The molecular weight excluding hydrogens is 472 g/mol. The van der Waals surface area contributed by atoms with Gasteiger partial charge in [0, 0.05) is 11.3 Å². The van der Waals surface area contributed by atoms with Crippen molar-refractivity contribution in [3.63, 3.8) is 0 Å². The van der Waals surface area contributed by atoms with E-state index in [1.165, 1.54) is 10.5 Å². The van der Waals surface area contributed by atoms with Crippen molar-refractivity contribution < 1.29 is 23.7 Å². The molecule has 5 nitrogen and oxygen atoms in total. The zero-order valence-corrected chi connectivity index (χ0v) is 22.6. The zero-order valence-electron chi connectivity index (χ0n) is 21.8. The maximum absolute atomic E-state index is 12.0. The highest BCUT2D eigenvalue weighted by atomic mass is 32.2. The third-order valence-corrected chi connectivity index (χ3v) is 6.52. The van der Waals surface area contributed by atoms with E-state index >= 15 is 0 Å². The van der Waals surface area contributed by atoms with Gasteiger partial charge in [-0.1, -0.05) is 43.0 Å². The smallest absolute Gasteiger partial charge is 0.349 e. The molecule has 0 spiro atoms. The van der Waals surface area contributed by atoms with Gasteiger partial charge >= 0.3 is 5.97 Å². The van der Waals surface area contributed by atoms with E-state index in [9.17, 15) is 4.79 Å². The molecule has 0 N–H and O–H groups in total. The quantitative estimate of drug-likeness (QED) is 0.225. The van der Waals surface area contributed by atoms with Gasteiger partial charge in [0.05, 0.1) is 24.2 Å². The van der Waals surface area contributed by atoms with Crippen LogP contribution in [0.3, 0.4) is 0 Å². The minimum atomic E-state index is -1.06. The third kappa shape index (κ3) is 8.23. The van der Waals surface area contributed by atoms with Gasteiger partial charge in [-0.3, -0.25) is 0 Å². The minimum Gasteiger partial charge on any atom is -0.493 e. The predicted octanol–water partition coefficient (Wildman–Crippen LogP) is 7.36. The lowest BCUT2D eigenvalue weighted by molar-refractivity contribution is -0.158. The molecule has 0 aliphatic carbocycles. The van der Waals surface area contributed by atoms with Gasteiger partial charge < -0.3 is 18.9 Å². The molecule has 0 saturated heterocycles. The van der Waals surface area contributed by atoms with E-state index in [2.05, 4.69) is 44.2 Å². The lowest BCUT2D eigenvalue weighted by Gasteiger charge is -2.24. The summed E-state index contributed by atoms with van der Waals surface area (Å²) in [6.45, 7) is 10.2. The average molecular weight is 509 g/mol. The second-order valence-corrected chi connectivity index (χ2v) is 10.0. The summed E-state index contributed by atoms with van der Waals surface area (Å²) >= 11 is 1.72. The fourth-order valence-corrected chi connectivity index (χ4v) is 4.40. The Balaban J connectivity index is 1.52. The fourth-order valence-electron chi connectivity index (χ4n) is 3.43. The summed E-state index contributed by atoms with van der Waals surface area (Å²) in [4.78, 5) is 14.3. The van der Waals surface area contributed by atoms with Gasteiger partial charge in [0.15, 0.2) is 5.60 Å². The van der Waals surface area contributed by atoms with Crippen LogP contribution < -0.4 is 14.2 Å². The maximum atomic E-state index is 12.0. The van der Waals surface area contributed by atoms with E-state index < -0.39 is 11.6 Å². The number of rotatable bonds is 13. The first-order valence-electron chi connectivity index (χ1n) is 12.4. The number of esters is 1. The topological polar surface area (TPSA) is 54.0 Å². The molecule has 3 aromatic carbocycles. The number of aryl methyl sites for hydroxylation is 1. The molecule has 36 heavy (non-hydrogen) atoms. The van der Waals surface area contributed by atoms with Crippen molar-refractivity contribution in [2.45, 2.75) is 69.0 Å². The molecule has 1 unspecified atom stereocenters. The Morgan fingerprint density at radius 3 is 2.31 bits per heavy atom. The Hall–Kier alpha value is -3.12. The fraction of sp³-hybridized carbons (Fsp3) is 0.367. The zero-order chi connectivity index (χ0) is 26.0. The Morgan fingerprint density at radius 1 is 0.944 bits per heavy atom. The number of benzene rings is 3. The van der Waals surface area contributed by atoms with Gasteiger partial charge in [-0.25, -0.2) is 4.79 Å². The second-order valence-electron chi connectivity index (χ2n) is 8.92. The predicted molar refractivity (Wildman–Crippen MR) is 144 cm³/mol. The molecule has 3 rings (SSSR count). The van der Waals surface area contributed by atoms with Gasteiger partial charge in [-0.05, 0) is 88.2 Å². The summed E-state index contributed by atoms with van der Waals surface area (Å²) in [6.07, 6.45) is 1.70. The van der Waals surface area contributed by atoms with Gasteiger partial charge in [0.25, 0.3) is 0 Å². The van der Waals surface area contributed by atoms with E-state index in [0.717, 1.165) is 29.2 Å². The molecule has 1 atom stereocenters. The van der Waals surface area contributed by atoms with Crippen molar-refractivity contribution in [2.75, 3.05) is 13.2 Å². The SMILES string of the molecule is CCOC(=O)C(C)(C)Oc1ccc(OCCC(C)Oc2ccc(CC)cc2Sc2ccccc2)cc1. The highest BCUT2D eigenvalue weighted by Crippen LogP contribution is 2.36. The van der Waals surface area contributed by atoms with Gasteiger partial charge in [0.1, 0.15) is 17.2 Å². The van der Waals surface area contributed by atoms with Crippen LogP contribution in [0.4, 0.5) is 0 Å². The van der Waals surface area contributed by atoms with Crippen LogP contribution in [0.25, 0.3) is 0 Å². The number of hydrogen-bond donors (Lipinski definition) is 0. The molecule has 0 radical (unpaired) electrons. The number of carbonyl (C=O) groups excluding carboxylic acids is 1. The molecule has 0 aromatic heterocycles. The molecule has 0 fully saturated rings. The molecule has 0 saturated carbocycles. The molecule has 6 heteroatoms. The summed E-state index contributed by atoms with van der Waals surface area (Å²) in [7, 11) is 0. The van der Waals surface area contributed by atoms with Crippen LogP contribution in [0.1, 0.15) is 46.6 Å². The van der Waals surface area contributed by atoms with E-state index in [0.29, 0.717) is 19.0 Å². The third-order valence-electron chi connectivity index (χ3n) is 5.47. The minimum absolute atomic E-state index is 0.0133. The van der Waals surface area contributed by atoms with Crippen molar-refractivity contribution in [1.29, 1.82) is 0 Å². The van der Waals surface area contributed by atoms with Crippen molar-refractivity contribution >= 4 is 17.7 Å². The van der Waals surface area contributed by atoms with Crippen molar-refractivity contribution in [1.82, 2.24) is 0 Å². The van der Waals surface area contributed by atoms with Crippen molar-refractivity contribution in [3.05, 3.63) is 78.4 Å². The summed E-state index contributed by atoms with van der Waals surface area (Å²) in [5.74, 6) is 1.81. The Bertz CT molecular complexity index is 1100. The van der Waals surface area contributed by atoms with Crippen LogP contribution in [-0.4, -0.2) is 30.9 Å². The van der Waals surface area contributed by atoms with Crippen molar-refractivity contribution in [2.24, 2.45) is 0 Å². The average Bonchev–Trinajstić information content (AvgIpc) is 2.86. The summed E-state index contributed by atoms with van der Waals surface area (Å²) in [5.41, 5.74) is 0.229. The first kappa shape index (κ1) is 27.5. The second kappa shape index (κ2) is 13.3. The molecule has 192 valence electrons. The Labute approximate surface area is 219 Å². The van der Waals surface area contributed by atoms with Crippen LogP contribution >= 0.6 is 11.8 Å². The van der Waals surface area contributed by atoms with E-state index in [1.54, 1.807) is 44.7 Å². The van der Waals surface area contributed by atoms with Gasteiger partial charge in [-0.2, -0.15) is 0 Å². The highest BCUT2D eigenvalue weighted by molar-refractivity contribution is 7.99. The highest BCUT2D eigenvalue weighted by Gasteiger charge is 2.31. The molecule has 3 aromatic rings. The van der Waals surface area contributed by atoms with Crippen LogP contribution in [-0.2, 0) is 16.0 Å². The first-order valence-corrected chi connectivity index (χ1v) is 13.2. The largest absolute Gasteiger partial charge is 0.493 e. The molecule has 0 aliphatic rings. The van der Waals surface area contributed by atoms with Crippen LogP contribution in [0.5, 0.6) is 17.2 Å². The van der Waals surface area contributed by atoms with Gasteiger partial charge in [-0.15, -0.1) is 0 Å². The molecule has 0 heterocycles. The molecule has 0 bridgehead atoms. The lowest BCUT2D eigenvalue weighted by atomic mass is 10.1. The van der Waals surface area contributed by atoms with Crippen LogP contribution in [0.2, 0.25) is 0 Å². The van der Waals surface area contributed by atoms with E-state index in [-0.39, 0.29) is 6.10 Å². The van der Waals surface area contributed by atoms with E-state index in [4.69, 9.17) is 18.9 Å². The first-order chi connectivity index (χ1) is 17.3. The van der Waals surface area contributed by atoms with Gasteiger partial charge in [0.2, 0.25) is 0 Å². The Morgan fingerprint density at radius 2 is 1.64 bits per heavy atom. The number of hydrogen-bond acceptors (Lipinski definition) is 6. The lowest BCUT2D eigenvalue weighted by Crippen LogP contribution is -2.39. The monoisotopic (exact) mass is 508 g/mol. The van der Waals surface area contributed by atoms with Crippen LogP contribution in [0, 0.1) is 0 Å².